The standard InChI is InChI=1S/C9H12.C2H4/c1-2-9-7-5-3-4-6-8-9;1-2/h3-7H,2,8H2,1H3;1-2H2. The van der Waals surface area contributed by atoms with E-state index in [0.29, 0.717) is 0 Å². The van der Waals surface area contributed by atoms with Crippen molar-refractivity contribution < 1.29 is 0 Å². The first-order valence-corrected chi connectivity index (χ1v) is 3.94. The first-order chi connectivity index (χ1) is 5.43. The molecule has 0 bridgehead atoms. The predicted octanol–water partition coefficient (Wildman–Crippen LogP) is 3.64. The van der Waals surface area contributed by atoms with Gasteiger partial charge in [0.05, 0.1) is 0 Å². The molecule has 0 nitrogen and oxygen atoms in total. The van der Waals surface area contributed by atoms with Crippen LogP contribution in [0.3, 0.4) is 0 Å². The van der Waals surface area contributed by atoms with Gasteiger partial charge in [-0.2, -0.15) is 0 Å². The van der Waals surface area contributed by atoms with Crippen molar-refractivity contribution in [2.75, 3.05) is 0 Å². The van der Waals surface area contributed by atoms with Gasteiger partial charge in [0.1, 0.15) is 0 Å². The van der Waals surface area contributed by atoms with E-state index in [9.17, 15) is 0 Å². The highest BCUT2D eigenvalue weighted by atomic mass is 13.9. The van der Waals surface area contributed by atoms with E-state index in [1.165, 1.54) is 12.0 Å². The summed E-state index contributed by atoms with van der Waals surface area (Å²) in [6.07, 6.45) is 13.0. The normalized spacial score (nSPS) is 14.5. The molecule has 0 saturated heterocycles. The maximum atomic E-state index is 3.00. The molecule has 0 atom stereocenters. The van der Waals surface area contributed by atoms with Crippen LogP contribution in [0.4, 0.5) is 0 Å². The topological polar surface area (TPSA) is 0 Å². The lowest BCUT2D eigenvalue weighted by Crippen LogP contribution is -1.74. The van der Waals surface area contributed by atoms with Crippen molar-refractivity contribution in [3.8, 4) is 0 Å². The Kier molecular flexibility index (Phi) is 6.40. The van der Waals surface area contributed by atoms with Crippen LogP contribution in [0.15, 0.2) is 49.1 Å². The van der Waals surface area contributed by atoms with Crippen LogP contribution < -0.4 is 0 Å². The van der Waals surface area contributed by atoms with Crippen molar-refractivity contribution in [1.29, 1.82) is 0 Å². The molecule has 0 radical (unpaired) electrons. The average molecular weight is 148 g/mol. The van der Waals surface area contributed by atoms with Gasteiger partial charge in [-0.1, -0.05) is 42.9 Å². The molecule has 0 aromatic carbocycles. The Morgan fingerprint density at radius 3 is 2.64 bits per heavy atom. The van der Waals surface area contributed by atoms with E-state index in [2.05, 4.69) is 50.5 Å². The minimum atomic E-state index is 1.13. The monoisotopic (exact) mass is 148 g/mol. The molecule has 0 saturated carbocycles. The van der Waals surface area contributed by atoms with Crippen LogP contribution in [-0.4, -0.2) is 0 Å². The van der Waals surface area contributed by atoms with Gasteiger partial charge in [-0.05, 0) is 12.8 Å². The van der Waals surface area contributed by atoms with Gasteiger partial charge in [-0.25, -0.2) is 0 Å². The Morgan fingerprint density at radius 2 is 2.00 bits per heavy atom. The lowest BCUT2D eigenvalue weighted by Gasteiger charge is -1.94. The zero-order chi connectivity index (χ0) is 8.53. The van der Waals surface area contributed by atoms with Gasteiger partial charge >= 0.3 is 0 Å². The van der Waals surface area contributed by atoms with Crippen LogP contribution in [0.5, 0.6) is 0 Å². The highest BCUT2D eigenvalue weighted by Crippen LogP contribution is 2.09. The molecule has 0 fully saturated rings. The molecule has 0 amide bonds. The molecular formula is C11H16. The van der Waals surface area contributed by atoms with E-state index in [4.69, 9.17) is 0 Å². The summed E-state index contributed by atoms with van der Waals surface area (Å²) in [6.45, 7) is 8.19. The molecule has 0 spiro atoms. The second kappa shape index (κ2) is 7.07. The van der Waals surface area contributed by atoms with Crippen molar-refractivity contribution in [2.24, 2.45) is 0 Å². The SMILES string of the molecule is C=C.CCC1=CC=CC=CC1. The van der Waals surface area contributed by atoms with Crippen LogP contribution in [0.2, 0.25) is 0 Å². The first-order valence-electron chi connectivity index (χ1n) is 3.94. The summed E-state index contributed by atoms with van der Waals surface area (Å²) in [5, 5.41) is 0. The summed E-state index contributed by atoms with van der Waals surface area (Å²) in [6, 6.07) is 0. The Hall–Kier alpha value is -1.04. The van der Waals surface area contributed by atoms with Gasteiger partial charge in [-0.15, -0.1) is 13.2 Å². The summed E-state index contributed by atoms with van der Waals surface area (Å²) in [7, 11) is 0. The van der Waals surface area contributed by atoms with Crippen molar-refractivity contribution in [3.05, 3.63) is 49.1 Å². The zero-order valence-electron chi connectivity index (χ0n) is 7.22. The Bertz CT molecular complexity index is 170. The molecular weight excluding hydrogens is 132 g/mol. The molecule has 0 heteroatoms. The number of hydrogen-bond donors (Lipinski definition) is 0. The van der Waals surface area contributed by atoms with Crippen LogP contribution in [0.25, 0.3) is 0 Å². The summed E-state index contributed by atoms with van der Waals surface area (Å²) >= 11 is 0. The second-order valence-electron chi connectivity index (χ2n) is 2.20. The van der Waals surface area contributed by atoms with Gasteiger partial charge in [-0.3, -0.25) is 0 Å². The molecule has 11 heavy (non-hydrogen) atoms. The van der Waals surface area contributed by atoms with E-state index in [-0.39, 0.29) is 0 Å². The van der Waals surface area contributed by atoms with E-state index >= 15 is 0 Å². The summed E-state index contributed by atoms with van der Waals surface area (Å²) in [5.41, 5.74) is 1.51. The number of rotatable bonds is 1. The fourth-order valence-corrected chi connectivity index (χ4v) is 0.884. The van der Waals surface area contributed by atoms with E-state index in [1.807, 2.05) is 0 Å². The Balaban J connectivity index is 0.000000461. The summed E-state index contributed by atoms with van der Waals surface area (Å²) in [5.74, 6) is 0. The minimum absolute atomic E-state index is 1.13. The highest BCUT2D eigenvalue weighted by Gasteiger charge is 1.89. The minimum Gasteiger partial charge on any atom is -0.106 e. The highest BCUT2D eigenvalue weighted by molar-refractivity contribution is 5.22. The average Bonchev–Trinajstić information content (AvgIpc) is 2.35. The van der Waals surface area contributed by atoms with E-state index in [0.717, 1.165) is 6.42 Å². The lowest BCUT2D eigenvalue weighted by molar-refractivity contribution is 1.03. The van der Waals surface area contributed by atoms with Gasteiger partial charge < -0.3 is 0 Å². The molecule has 1 rings (SSSR count). The Morgan fingerprint density at radius 1 is 1.27 bits per heavy atom. The van der Waals surface area contributed by atoms with Crippen molar-refractivity contribution in [1.82, 2.24) is 0 Å². The number of allylic oxidation sites excluding steroid dienone is 6. The van der Waals surface area contributed by atoms with Crippen molar-refractivity contribution >= 4 is 0 Å². The van der Waals surface area contributed by atoms with E-state index in [1.54, 1.807) is 0 Å². The van der Waals surface area contributed by atoms with E-state index < -0.39 is 0 Å². The van der Waals surface area contributed by atoms with Gasteiger partial charge in [0.2, 0.25) is 0 Å². The van der Waals surface area contributed by atoms with Gasteiger partial charge in [0.15, 0.2) is 0 Å². The third kappa shape index (κ3) is 4.38. The van der Waals surface area contributed by atoms with Crippen LogP contribution in [0, 0.1) is 0 Å². The van der Waals surface area contributed by atoms with Gasteiger partial charge in [0.25, 0.3) is 0 Å². The lowest BCUT2D eigenvalue weighted by atomic mass is 10.1. The smallest absolute Gasteiger partial charge is 0.0133 e. The second-order valence-corrected chi connectivity index (χ2v) is 2.20. The first kappa shape index (κ1) is 9.96. The third-order valence-corrected chi connectivity index (χ3v) is 1.52. The van der Waals surface area contributed by atoms with Crippen LogP contribution in [0.1, 0.15) is 19.8 Å². The Labute approximate surface area is 69.6 Å². The summed E-state index contributed by atoms with van der Waals surface area (Å²) in [4.78, 5) is 0. The van der Waals surface area contributed by atoms with Crippen molar-refractivity contribution in [2.45, 2.75) is 19.8 Å². The fourth-order valence-electron chi connectivity index (χ4n) is 0.884. The molecule has 0 aromatic rings. The quantitative estimate of drug-likeness (QED) is 0.498. The maximum Gasteiger partial charge on any atom is -0.0133 e. The molecule has 1 aliphatic rings. The summed E-state index contributed by atoms with van der Waals surface area (Å²) < 4.78 is 0. The number of hydrogen-bond acceptors (Lipinski definition) is 0. The third-order valence-electron chi connectivity index (χ3n) is 1.52. The molecule has 0 heterocycles. The van der Waals surface area contributed by atoms with Crippen molar-refractivity contribution in [3.63, 3.8) is 0 Å². The molecule has 60 valence electrons. The predicted molar refractivity (Wildman–Crippen MR) is 52.5 cm³/mol. The van der Waals surface area contributed by atoms with Gasteiger partial charge in [0, 0.05) is 0 Å². The zero-order valence-corrected chi connectivity index (χ0v) is 7.22. The molecule has 1 aliphatic carbocycles. The molecule has 0 aliphatic heterocycles. The fraction of sp³-hybridized carbons (Fsp3) is 0.273. The molecule has 0 unspecified atom stereocenters. The molecule has 0 aromatic heterocycles. The largest absolute Gasteiger partial charge is 0.106 e. The van der Waals surface area contributed by atoms with Crippen LogP contribution >= 0.6 is 0 Å². The molecule has 0 N–H and O–H groups in total. The van der Waals surface area contributed by atoms with Crippen LogP contribution in [-0.2, 0) is 0 Å². The maximum absolute atomic E-state index is 3.00.